The number of para-hydroxylation sites is 1. The summed E-state index contributed by atoms with van der Waals surface area (Å²) in [6.45, 7) is 3.36. The highest BCUT2D eigenvalue weighted by atomic mass is 16.1. The number of hydrogen-bond donors (Lipinski definition) is 2. The Morgan fingerprint density at radius 3 is 2.67 bits per heavy atom. The molecule has 0 spiro atoms. The van der Waals surface area contributed by atoms with Gasteiger partial charge in [-0.15, -0.1) is 0 Å². The molecule has 0 aliphatic rings. The fourth-order valence-electron chi connectivity index (χ4n) is 1.65. The monoisotopic (exact) mass is 242 g/mol. The molecule has 5 nitrogen and oxygen atoms in total. The fourth-order valence-corrected chi connectivity index (χ4v) is 1.65. The van der Waals surface area contributed by atoms with Crippen LogP contribution in [0.4, 0.5) is 17.3 Å². The number of carbonyl (C=O) groups is 1. The summed E-state index contributed by atoms with van der Waals surface area (Å²) in [5, 5.41) is 3.15. The van der Waals surface area contributed by atoms with Crippen molar-refractivity contribution in [1.82, 2.24) is 9.97 Å². The lowest BCUT2D eigenvalue weighted by molar-refractivity contribution is 0.101. The summed E-state index contributed by atoms with van der Waals surface area (Å²) in [5.74, 6) is 0.241. The molecular formula is C13H14N4O. The third-order valence-corrected chi connectivity index (χ3v) is 2.57. The highest BCUT2D eigenvalue weighted by molar-refractivity contribution is 6.00. The molecule has 0 atom stereocenters. The van der Waals surface area contributed by atoms with E-state index in [2.05, 4.69) is 15.3 Å². The van der Waals surface area contributed by atoms with Gasteiger partial charge in [0.05, 0.1) is 17.6 Å². The maximum absolute atomic E-state index is 11.5. The van der Waals surface area contributed by atoms with E-state index in [1.54, 1.807) is 12.3 Å². The molecule has 0 bridgehead atoms. The number of nitrogens with one attached hydrogen (secondary N) is 1. The van der Waals surface area contributed by atoms with Gasteiger partial charge in [-0.3, -0.25) is 4.79 Å². The number of nitrogen functional groups attached to an aromatic ring is 1. The molecule has 0 unspecified atom stereocenters. The quantitative estimate of drug-likeness (QED) is 0.807. The van der Waals surface area contributed by atoms with Gasteiger partial charge in [-0.2, -0.15) is 0 Å². The molecule has 92 valence electrons. The smallest absolute Gasteiger partial charge is 0.220 e. The van der Waals surface area contributed by atoms with Gasteiger partial charge < -0.3 is 11.1 Å². The van der Waals surface area contributed by atoms with E-state index in [-0.39, 0.29) is 11.7 Å². The normalized spacial score (nSPS) is 10.1. The van der Waals surface area contributed by atoms with Gasteiger partial charge in [0.2, 0.25) is 5.95 Å². The van der Waals surface area contributed by atoms with Gasteiger partial charge in [0.15, 0.2) is 5.78 Å². The van der Waals surface area contributed by atoms with Gasteiger partial charge in [-0.1, -0.05) is 12.1 Å². The van der Waals surface area contributed by atoms with E-state index < -0.39 is 0 Å². The zero-order chi connectivity index (χ0) is 13.1. The van der Waals surface area contributed by atoms with Crippen molar-refractivity contribution in [3.8, 4) is 0 Å². The summed E-state index contributed by atoms with van der Waals surface area (Å²) in [4.78, 5) is 19.5. The summed E-state index contributed by atoms with van der Waals surface area (Å²) in [5.41, 5.74) is 8.34. The summed E-state index contributed by atoms with van der Waals surface area (Å²) >= 11 is 0. The van der Waals surface area contributed by atoms with Crippen LogP contribution in [0.2, 0.25) is 0 Å². The van der Waals surface area contributed by atoms with E-state index in [0.29, 0.717) is 5.56 Å². The molecule has 2 rings (SSSR count). The lowest BCUT2D eigenvalue weighted by Gasteiger charge is -2.11. The van der Waals surface area contributed by atoms with Crippen LogP contribution < -0.4 is 11.1 Å². The average Bonchev–Trinajstić information content (AvgIpc) is 2.33. The van der Waals surface area contributed by atoms with Gasteiger partial charge in [-0.25, -0.2) is 9.97 Å². The van der Waals surface area contributed by atoms with Gasteiger partial charge in [-0.05, 0) is 26.0 Å². The van der Waals surface area contributed by atoms with E-state index in [4.69, 9.17) is 5.73 Å². The molecule has 1 heterocycles. The molecule has 0 aliphatic heterocycles. The molecule has 3 N–H and O–H groups in total. The molecule has 0 saturated carbocycles. The molecule has 1 aromatic heterocycles. The lowest BCUT2D eigenvalue weighted by Crippen LogP contribution is -2.04. The molecule has 0 amide bonds. The Morgan fingerprint density at radius 1 is 1.28 bits per heavy atom. The number of rotatable bonds is 3. The fraction of sp³-hybridized carbons (Fsp3) is 0.154. The topological polar surface area (TPSA) is 80.9 Å². The van der Waals surface area contributed by atoms with E-state index in [0.717, 1.165) is 17.1 Å². The van der Waals surface area contributed by atoms with Crippen LogP contribution in [0.3, 0.4) is 0 Å². The molecule has 0 fully saturated rings. The number of hydrogen-bond acceptors (Lipinski definition) is 5. The summed E-state index contributed by atoms with van der Waals surface area (Å²) in [6, 6.07) is 7.31. The minimum Gasteiger partial charge on any atom is -0.368 e. The Labute approximate surface area is 105 Å². The zero-order valence-corrected chi connectivity index (χ0v) is 10.3. The van der Waals surface area contributed by atoms with Crippen molar-refractivity contribution >= 4 is 23.1 Å². The SMILES string of the molecule is CC(=O)c1ccccc1Nc1cnc(N)nc1C. The first kappa shape index (κ1) is 12.0. The second kappa shape index (κ2) is 4.83. The number of nitrogens with zero attached hydrogens (tertiary/aromatic N) is 2. The Hall–Kier alpha value is -2.43. The van der Waals surface area contributed by atoms with Crippen molar-refractivity contribution in [1.29, 1.82) is 0 Å². The summed E-state index contributed by atoms with van der Waals surface area (Å²) < 4.78 is 0. The Morgan fingerprint density at radius 2 is 2.00 bits per heavy atom. The first-order valence-electron chi connectivity index (χ1n) is 5.54. The minimum absolute atomic E-state index is 0.00659. The third-order valence-electron chi connectivity index (χ3n) is 2.57. The van der Waals surface area contributed by atoms with Crippen molar-refractivity contribution in [2.24, 2.45) is 0 Å². The maximum Gasteiger partial charge on any atom is 0.220 e. The van der Waals surface area contributed by atoms with Gasteiger partial charge in [0.25, 0.3) is 0 Å². The molecule has 0 aliphatic carbocycles. The predicted molar refractivity (Wildman–Crippen MR) is 70.9 cm³/mol. The van der Waals surface area contributed by atoms with Gasteiger partial charge >= 0.3 is 0 Å². The Kier molecular flexibility index (Phi) is 3.23. The van der Waals surface area contributed by atoms with Crippen molar-refractivity contribution in [3.05, 3.63) is 41.7 Å². The van der Waals surface area contributed by atoms with Crippen LogP contribution >= 0.6 is 0 Å². The highest BCUT2D eigenvalue weighted by Gasteiger charge is 2.08. The highest BCUT2D eigenvalue weighted by Crippen LogP contribution is 2.22. The van der Waals surface area contributed by atoms with E-state index >= 15 is 0 Å². The number of benzene rings is 1. The molecule has 1 aromatic carbocycles. The second-order valence-corrected chi connectivity index (χ2v) is 3.95. The maximum atomic E-state index is 11.5. The number of nitrogens with two attached hydrogens (primary N) is 1. The van der Waals surface area contributed by atoms with Crippen molar-refractivity contribution < 1.29 is 4.79 Å². The number of ketones is 1. The van der Waals surface area contributed by atoms with Crippen LogP contribution in [0, 0.1) is 6.92 Å². The number of anilines is 3. The average molecular weight is 242 g/mol. The predicted octanol–water partition coefficient (Wildman–Crippen LogP) is 2.31. The molecule has 5 heteroatoms. The van der Waals surface area contributed by atoms with Gasteiger partial charge in [0, 0.05) is 11.3 Å². The standard InChI is InChI=1S/C13H14N4O/c1-8-12(7-15-13(14)16-8)17-11-6-4-3-5-10(11)9(2)18/h3-7,17H,1-2H3,(H2,14,15,16). The number of aromatic nitrogens is 2. The van der Waals surface area contributed by atoms with Gasteiger partial charge in [0.1, 0.15) is 0 Å². The minimum atomic E-state index is 0.00659. The third kappa shape index (κ3) is 2.45. The number of aryl methyl sites for hydroxylation is 1. The van der Waals surface area contributed by atoms with Crippen molar-refractivity contribution in [2.45, 2.75) is 13.8 Å². The van der Waals surface area contributed by atoms with Crippen LogP contribution in [0.25, 0.3) is 0 Å². The zero-order valence-electron chi connectivity index (χ0n) is 10.3. The van der Waals surface area contributed by atoms with Crippen LogP contribution in [0.15, 0.2) is 30.5 Å². The first-order chi connectivity index (χ1) is 8.58. The second-order valence-electron chi connectivity index (χ2n) is 3.95. The van der Waals surface area contributed by atoms with E-state index in [1.165, 1.54) is 6.92 Å². The van der Waals surface area contributed by atoms with E-state index in [9.17, 15) is 4.79 Å². The van der Waals surface area contributed by atoms with Crippen LogP contribution in [-0.2, 0) is 0 Å². The lowest BCUT2D eigenvalue weighted by atomic mass is 10.1. The Bertz CT molecular complexity index is 595. The first-order valence-corrected chi connectivity index (χ1v) is 5.54. The molecule has 0 saturated heterocycles. The van der Waals surface area contributed by atoms with Crippen molar-refractivity contribution in [2.75, 3.05) is 11.1 Å². The number of carbonyl (C=O) groups excluding carboxylic acids is 1. The largest absolute Gasteiger partial charge is 0.368 e. The summed E-state index contributed by atoms with van der Waals surface area (Å²) in [7, 11) is 0. The molecular weight excluding hydrogens is 228 g/mol. The van der Waals surface area contributed by atoms with Crippen LogP contribution in [0.1, 0.15) is 23.0 Å². The van der Waals surface area contributed by atoms with Crippen LogP contribution in [-0.4, -0.2) is 15.8 Å². The molecule has 18 heavy (non-hydrogen) atoms. The Balaban J connectivity index is 2.37. The molecule has 2 aromatic rings. The molecule has 0 radical (unpaired) electrons. The van der Waals surface area contributed by atoms with Crippen LogP contribution in [0.5, 0.6) is 0 Å². The summed E-state index contributed by atoms with van der Waals surface area (Å²) in [6.07, 6.45) is 1.61. The van der Waals surface area contributed by atoms with Crippen molar-refractivity contribution in [3.63, 3.8) is 0 Å². The number of Topliss-reactive ketones (excluding diaryl/α,β-unsaturated/α-hetero) is 1. The van der Waals surface area contributed by atoms with E-state index in [1.807, 2.05) is 25.1 Å².